The van der Waals surface area contributed by atoms with Crippen molar-refractivity contribution in [3.63, 3.8) is 0 Å². The van der Waals surface area contributed by atoms with E-state index in [9.17, 15) is 0 Å². The summed E-state index contributed by atoms with van der Waals surface area (Å²) < 4.78 is 15.1. The fourth-order valence-electron chi connectivity index (χ4n) is 8.45. The quantitative estimate of drug-likeness (QED) is 0.176. The molecule has 0 saturated carbocycles. The highest BCUT2D eigenvalue weighted by molar-refractivity contribution is 6.14. The second-order valence-electron chi connectivity index (χ2n) is 14.4. The van der Waals surface area contributed by atoms with E-state index in [1.54, 1.807) is 0 Å². The van der Waals surface area contributed by atoms with Crippen LogP contribution in [0.5, 0.6) is 0 Å². The lowest BCUT2D eigenvalue weighted by atomic mass is 10.00. The van der Waals surface area contributed by atoms with Gasteiger partial charge in [-0.3, -0.25) is 4.57 Å². The molecule has 0 fully saturated rings. The standard InChI is InChI=1S/C51H30N4O2/c1-3-13-31(14-4-1)35-19-11-21-40-37-17-7-9-23-43(37)55(47(35)40)51-53-49(32-15-5-2-6-16-32)52-50(54-51)34-25-27-39-42-29-33(26-28-45(42)56-46(39)30-34)36-20-12-22-41-38-18-8-10-24-44(38)57-48(36)41/h1-30H. The fraction of sp³-hybridized carbons (Fsp3) is 0. The van der Waals surface area contributed by atoms with Crippen molar-refractivity contribution in [1.82, 2.24) is 19.5 Å². The Morgan fingerprint density at radius 2 is 0.982 bits per heavy atom. The Balaban J connectivity index is 1.05. The summed E-state index contributed by atoms with van der Waals surface area (Å²) >= 11 is 0. The third kappa shape index (κ3) is 4.94. The van der Waals surface area contributed by atoms with Crippen molar-refractivity contribution in [2.24, 2.45) is 0 Å². The molecule has 0 aliphatic carbocycles. The lowest BCUT2D eigenvalue weighted by Gasteiger charge is -2.13. The lowest BCUT2D eigenvalue weighted by Crippen LogP contribution is -2.07. The third-order valence-corrected chi connectivity index (χ3v) is 11.1. The molecule has 0 N–H and O–H groups in total. The van der Waals surface area contributed by atoms with Gasteiger partial charge in [-0.15, -0.1) is 0 Å². The van der Waals surface area contributed by atoms with Crippen molar-refractivity contribution in [3.8, 4) is 51.0 Å². The summed E-state index contributed by atoms with van der Waals surface area (Å²) in [4.78, 5) is 15.5. The second kappa shape index (κ2) is 12.3. The SMILES string of the molecule is c1ccc(-c2nc(-c3ccc4c(c3)oc3ccc(-c5cccc6c5oc5ccccc56)cc34)nc(-n3c4ccccc4c4cccc(-c5ccccc5)c43)n2)cc1. The van der Waals surface area contributed by atoms with Crippen LogP contribution in [0.2, 0.25) is 0 Å². The van der Waals surface area contributed by atoms with E-state index < -0.39 is 0 Å². The highest BCUT2D eigenvalue weighted by Crippen LogP contribution is 2.41. The third-order valence-electron chi connectivity index (χ3n) is 11.1. The number of hydrogen-bond acceptors (Lipinski definition) is 5. The molecule has 0 bridgehead atoms. The molecule has 0 saturated heterocycles. The Morgan fingerprint density at radius 3 is 1.82 bits per heavy atom. The van der Waals surface area contributed by atoms with Gasteiger partial charge in [0, 0.05) is 54.6 Å². The van der Waals surface area contributed by atoms with E-state index in [0.29, 0.717) is 17.6 Å². The van der Waals surface area contributed by atoms with E-state index >= 15 is 0 Å². The van der Waals surface area contributed by atoms with Crippen molar-refractivity contribution in [1.29, 1.82) is 0 Å². The molecule has 0 atom stereocenters. The Labute approximate surface area is 325 Å². The largest absolute Gasteiger partial charge is 0.456 e. The van der Waals surface area contributed by atoms with Crippen LogP contribution in [0.15, 0.2) is 191 Å². The summed E-state index contributed by atoms with van der Waals surface area (Å²) in [6.45, 7) is 0. The summed E-state index contributed by atoms with van der Waals surface area (Å²) in [5.41, 5.74) is 11.5. The summed E-state index contributed by atoms with van der Waals surface area (Å²) in [6, 6.07) is 62.6. The van der Waals surface area contributed by atoms with Crippen LogP contribution < -0.4 is 0 Å². The van der Waals surface area contributed by atoms with Gasteiger partial charge in [0.2, 0.25) is 5.95 Å². The van der Waals surface area contributed by atoms with Gasteiger partial charge in [0.05, 0.1) is 11.0 Å². The maximum Gasteiger partial charge on any atom is 0.238 e. The number of fused-ring (bicyclic) bond motifs is 9. The first-order valence-electron chi connectivity index (χ1n) is 19.0. The zero-order chi connectivity index (χ0) is 37.5. The van der Waals surface area contributed by atoms with E-state index in [4.69, 9.17) is 23.8 Å². The Morgan fingerprint density at radius 1 is 0.351 bits per heavy atom. The zero-order valence-electron chi connectivity index (χ0n) is 30.4. The number of nitrogens with zero attached hydrogens (tertiary/aromatic N) is 4. The summed E-state index contributed by atoms with van der Waals surface area (Å²) in [6.07, 6.45) is 0. The van der Waals surface area contributed by atoms with Gasteiger partial charge >= 0.3 is 0 Å². The van der Waals surface area contributed by atoms with Crippen molar-refractivity contribution < 1.29 is 8.83 Å². The number of benzene rings is 8. The summed E-state index contributed by atoms with van der Waals surface area (Å²) in [5, 5.41) is 6.53. The Bertz CT molecular complexity index is 3530. The van der Waals surface area contributed by atoms with Gasteiger partial charge in [-0.25, -0.2) is 4.98 Å². The molecule has 0 amide bonds. The molecule has 6 heteroatoms. The molecule has 266 valence electrons. The van der Waals surface area contributed by atoms with Crippen LogP contribution in [0.1, 0.15) is 0 Å². The summed E-state index contributed by atoms with van der Waals surface area (Å²) in [5.74, 6) is 1.69. The van der Waals surface area contributed by atoms with Crippen LogP contribution in [-0.2, 0) is 0 Å². The Kier molecular flexibility index (Phi) is 6.83. The van der Waals surface area contributed by atoms with E-state index in [1.807, 2.05) is 66.7 Å². The molecule has 0 aliphatic heterocycles. The first-order valence-corrected chi connectivity index (χ1v) is 19.0. The first-order chi connectivity index (χ1) is 28.2. The number of aromatic nitrogens is 4. The topological polar surface area (TPSA) is 69.9 Å². The molecule has 12 rings (SSSR count). The molecule has 12 aromatic rings. The number of rotatable bonds is 5. The van der Waals surface area contributed by atoms with Gasteiger partial charge in [0.25, 0.3) is 0 Å². The smallest absolute Gasteiger partial charge is 0.238 e. The normalized spacial score (nSPS) is 11.9. The van der Waals surface area contributed by atoms with Crippen LogP contribution in [0, 0.1) is 0 Å². The number of furan rings is 2. The average molecular weight is 731 g/mol. The minimum absolute atomic E-state index is 0.544. The molecule has 6 nitrogen and oxygen atoms in total. The van der Waals surface area contributed by atoms with Crippen LogP contribution in [0.3, 0.4) is 0 Å². The predicted molar refractivity (Wildman–Crippen MR) is 230 cm³/mol. The molecule has 0 aliphatic rings. The molecule has 8 aromatic carbocycles. The van der Waals surface area contributed by atoms with Crippen molar-refractivity contribution in [3.05, 3.63) is 182 Å². The predicted octanol–water partition coefficient (Wildman–Crippen LogP) is 13.4. The molecular formula is C51H30N4O2. The van der Waals surface area contributed by atoms with Gasteiger partial charge in [-0.2, -0.15) is 9.97 Å². The van der Waals surface area contributed by atoms with Gasteiger partial charge in [0.1, 0.15) is 22.3 Å². The number of hydrogen-bond donors (Lipinski definition) is 0. The molecule has 0 spiro atoms. The zero-order valence-corrected chi connectivity index (χ0v) is 30.4. The molecule has 4 heterocycles. The fourth-order valence-corrected chi connectivity index (χ4v) is 8.45. The van der Waals surface area contributed by atoms with Gasteiger partial charge < -0.3 is 8.83 Å². The monoisotopic (exact) mass is 730 g/mol. The highest BCUT2D eigenvalue weighted by atomic mass is 16.3. The van der Waals surface area contributed by atoms with E-state index in [0.717, 1.165) is 99.1 Å². The van der Waals surface area contributed by atoms with Crippen molar-refractivity contribution in [2.45, 2.75) is 0 Å². The van der Waals surface area contributed by atoms with E-state index in [1.165, 1.54) is 0 Å². The van der Waals surface area contributed by atoms with Crippen LogP contribution >= 0.6 is 0 Å². The first kappa shape index (κ1) is 31.5. The van der Waals surface area contributed by atoms with Crippen molar-refractivity contribution in [2.75, 3.05) is 0 Å². The minimum atomic E-state index is 0.544. The average Bonchev–Trinajstić information content (AvgIpc) is 3.96. The van der Waals surface area contributed by atoms with Gasteiger partial charge in [-0.05, 0) is 47.5 Å². The molecular weight excluding hydrogens is 701 g/mol. The van der Waals surface area contributed by atoms with Crippen LogP contribution in [-0.4, -0.2) is 19.5 Å². The maximum atomic E-state index is 6.54. The number of para-hydroxylation sites is 4. The van der Waals surface area contributed by atoms with Crippen molar-refractivity contribution >= 4 is 65.7 Å². The van der Waals surface area contributed by atoms with Crippen LogP contribution in [0.4, 0.5) is 0 Å². The molecule has 0 radical (unpaired) electrons. The second-order valence-corrected chi connectivity index (χ2v) is 14.4. The Hall–Kier alpha value is -7.83. The molecule has 0 unspecified atom stereocenters. The summed E-state index contributed by atoms with van der Waals surface area (Å²) in [7, 11) is 0. The minimum Gasteiger partial charge on any atom is -0.456 e. The highest BCUT2D eigenvalue weighted by Gasteiger charge is 2.21. The molecule has 57 heavy (non-hydrogen) atoms. The van der Waals surface area contributed by atoms with Crippen LogP contribution in [0.25, 0.3) is 117 Å². The van der Waals surface area contributed by atoms with E-state index in [2.05, 4.69) is 120 Å². The lowest BCUT2D eigenvalue weighted by molar-refractivity contribution is 0.668. The van der Waals surface area contributed by atoms with E-state index in [-0.39, 0.29) is 0 Å². The van der Waals surface area contributed by atoms with Gasteiger partial charge in [-0.1, -0.05) is 146 Å². The maximum absolute atomic E-state index is 6.54. The van der Waals surface area contributed by atoms with Gasteiger partial charge in [0.15, 0.2) is 11.6 Å². The molecule has 4 aromatic heterocycles.